The fraction of sp³-hybridized carbons (Fsp3) is 0.167. The molecule has 1 amide bonds. The summed E-state index contributed by atoms with van der Waals surface area (Å²) in [6.45, 7) is 1.58. The molecule has 25 heavy (non-hydrogen) atoms. The van der Waals surface area contributed by atoms with Crippen molar-refractivity contribution in [3.8, 4) is 17.0 Å². The van der Waals surface area contributed by atoms with E-state index in [9.17, 15) is 9.90 Å². The molecule has 0 aliphatic heterocycles. The Balaban J connectivity index is 1.53. The van der Waals surface area contributed by atoms with Gasteiger partial charge in [0.1, 0.15) is 5.75 Å². The number of amides is 1. The number of thiazole rings is 1. The molecule has 0 aliphatic rings. The molecular weight excluding hydrogens is 338 g/mol. The van der Waals surface area contributed by atoms with Crippen LogP contribution in [0.25, 0.3) is 11.3 Å². The normalized spacial score (nSPS) is 11.8. The second-order valence-electron chi connectivity index (χ2n) is 5.36. The molecule has 7 heteroatoms. The van der Waals surface area contributed by atoms with Crippen LogP contribution in [0, 0.1) is 0 Å². The molecule has 0 aliphatic carbocycles. The molecule has 2 heterocycles. The molecule has 1 unspecified atom stereocenters. The van der Waals surface area contributed by atoms with Crippen molar-refractivity contribution >= 4 is 22.4 Å². The largest absolute Gasteiger partial charge is 0.484 e. The predicted octanol–water partition coefficient (Wildman–Crippen LogP) is 3.28. The van der Waals surface area contributed by atoms with Crippen LogP contribution in [0.4, 0.5) is 5.13 Å². The third-order valence-electron chi connectivity index (χ3n) is 3.46. The van der Waals surface area contributed by atoms with Crippen LogP contribution < -0.4 is 10.1 Å². The second kappa shape index (κ2) is 7.87. The summed E-state index contributed by atoms with van der Waals surface area (Å²) in [4.78, 5) is 20.3. The first-order chi connectivity index (χ1) is 12.1. The maximum Gasteiger partial charge on any atom is 0.264 e. The van der Waals surface area contributed by atoms with Gasteiger partial charge in [-0.05, 0) is 36.8 Å². The molecule has 0 radical (unpaired) electrons. The number of carbonyl (C=O) groups is 1. The topological polar surface area (TPSA) is 84.3 Å². The van der Waals surface area contributed by atoms with Gasteiger partial charge in [0, 0.05) is 23.3 Å². The van der Waals surface area contributed by atoms with Crippen LogP contribution in [-0.4, -0.2) is 27.6 Å². The number of anilines is 1. The van der Waals surface area contributed by atoms with Gasteiger partial charge in [0.05, 0.1) is 11.8 Å². The van der Waals surface area contributed by atoms with Crippen molar-refractivity contribution in [1.29, 1.82) is 0 Å². The third kappa shape index (κ3) is 4.62. The number of aliphatic hydroxyl groups is 1. The number of hydrogen-bond donors (Lipinski definition) is 2. The lowest BCUT2D eigenvalue weighted by Crippen LogP contribution is -2.20. The SMILES string of the molecule is CC(O)c1ccc(OCC(=O)Nc2nc(-c3ccncc3)cs2)cc1. The molecule has 1 atom stereocenters. The fourth-order valence-electron chi connectivity index (χ4n) is 2.13. The van der Waals surface area contributed by atoms with Gasteiger partial charge in [0.15, 0.2) is 11.7 Å². The Morgan fingerprint density at radius 1 is 1.24 bits per heavy atom. The number of nitrogens with zero attached hydrogens (tertiary/aromatic N) is 2. The Morgan fingerprint density at radius 2 is 1.96 bits per heavy atom. The number of aliphatic hydroxyl groups excluding tert-OH is 1. The van der Waals surface area contributed by atoms with Crippen molar-refractivity contribution in [2.24, 2.45) is 0 Å². The van der Waals surface area contributed by atoms with Crippen molar-refractivity contribution in [3.05, 3.63) is 59.7 Å². The first-order valence-electron chi connectivity index (χ1n) is 7.68. The zero-order valence-corrected chi connectivity index (χ0v) is 14.4. The van der Waals surface area contributed by atoms with E-state index >= 15 is 0 Å². The number of aromatic nitrogens is 2. The Labute approximate surface area is 149 Å². The number of carbonyl (C=O) groups excluding carboxylic acids is 1. The number of rotatable bonds is 6. The van der Waals surface area contributed by atoms with Crippen LogP contribution in [0.3, 0.4) is 0 Å². The van der Waals surface area contributed by atoms with Gasteiger partial charge < -0.3 is 9.84 Å². The lowest BCUT2D eigenvalue weighted by atomic mass is 10.1. The summed E-state index contributed by atoms with van der Waals surface area (Å²) in [5.41, 5.74) is 2.53. The number of ether oxygens (including phenoxy) is 1. The van der Waals surface area contributed by atoms with Crippen LogP contribution in [0.15, 0.2) is 54.2 Å². The first kappa shape index (κ1) is 17.1. The van der Waals surface area contributed by atoms with E-state index in [1.807, 2.05) is 17.5 Å². The first-order valence-corrected chi connectivity index (χ1v) is 8.56. The molecule has 3 aromatic rings. The lowest BCUT2D eigenvalue weighted by molar-refractivity contribution is -0.118. The van der Waals surface area contributed by atoms with Crippen LogP contribution in [0.2, 0.25) is 0 Å². The molecule has 1 aromatic carbocycles. The number of pyridine rings is 1. The van der Waals surface area contributed by atoms with Crippen molar-refractivity contribution < 1.29 is 14.6 Å². The highest BCUT2D eigenvalue weighted by Gasteiger charge is 2.09. The zero-order valence-electron chi connectivity index (χ0n) is 13.5. The van der Waals surface area contributed by atoms with Gasteiger partial charge in [0.25, 0.3) is 5.91 Å². The second-order valence-corrected chi connectivity index (χ2v) is 6.21. The highest BCUT2D eigenvalue weighted by atomic mass is 32.1. The van der Waals surface area contributed by atoms with E-state index in [-0.39, 0.29) is 12.5 Å². The number of benzene rings is 1. The lowest BCUT2D eigenvalue weighted by Gasteiger charge is -2.08. The van der Waals surface area contributed by atoms with Gasteiger partial charge >= 0.3 is 0 Å². The molecular formula is C18H17N3O3S. The molecule has 0 fully saturated rings. The van der Waals surface area contributed by atoms with E-state index in [0.29, 0.717) is 10.9 Å². The summed E-state index contributed by atoms with van der Waals surface area (Å²) in [6, 6.07) is 10.7. The van der Waals surface area contributed by atoms with Crippen LogP contribution in [-0.2, 0) is 4.79 Å². The minimum absolute atomic E-state index is 0.113. The molecule has 6 nitrogen and oxygen atoms in total. The maximum atomic E-state index is 12.0. The highest BCUT2D eigenvalue weighted by Crippen LogP contribution is 2.24. The quantitative estimate of drug-likeness (QED) is 0.709. The fourth-order valence-corrected chi connectivity index (χ4v) is 2.87. The molecule has 0 saturated heterocycles. The van der Waals surface area contributed by atoms with Gasteiger partial charge in [-0.15, -0.1) is 11.3 Å². The van der Waals surface area contributed by atoms with E-state index in [1.165, 1.54) is 11.3 Å². The molecule has 0 bridgehead atoms. The summed E-state index contributed by atoms with van der Waals surface area (Å²) >= 11 is 1.35. The third-order valence-corrected chi connectivity index (χ3v) is 4.22. The van der Waals surface area contributed by atoms with E-state index < -0.39 is 6.10 Å². The van der Waals surface area contributed by atoms with E-state index in [0.717, 1.165) is 16.8 Å². The summed E-state index contributed by atoms with van der Waals surface area (Å²) < 4.78 is 5.44. The Morgan fingerprint density at radius 3 is 2.64 bits per heavy atom. The van der Waals surface area contributed by atoms with Crippen LogP contribution >= 0.6 is 11.3 Å². The Hall–Kier alpha value is -2.77. The Bertz CT molecular complexity index is 832. The average Bonchev–Trinajstić information content (AvgIpc) is 3.09. The van der Waals surface area contributed by atoms with Crippen molar-refractivity contribution in [1.82, 2.24) is 9.97 Å². The van der Waals surface area contributed by atoms with E-state index in [2.05, 4.69) is 15.3 Å². The van der Waals surface area contributed by atoms with Gasteiger partial charge in [-0.2, -0.15) is 0 Å². The van der Waals surface area contributed by atoms with Crippen LogP contribution in [0.1, 0.15) is 18.6 Å². The van der Waals surface area contributed by atoms with Crippen molar-refractivity contribution in [3.63, 3.8) is 0 Å². The average molecular weight is 355 g/mol. The van der Waals surface area contributed by atoms with Gasteiger partial charge in [-0.25, -0.2) is 4.98 Å². The van der Waals surface area contributed by atoms with E-state index in [4.69, 9.17) is 4.74 Å². The minimum atomic E-state index is -0.531. The molecule has 3 rings (SSSR count). The summed E-state index contributed by atoms with van der Waals surface area (Å²) in [7, 11) is 0. The maximum absolute atomic E-state index is 12.0. The monoisotopic (exact) mass is 355 g/mol. The summed E-state index contributed by atoms with van der Waals surface area (Å²) in [5, 5.41) is 14.6. The van der Waals surface area contributed by atoms with Crippen LogP contribution in [0.5, 0.6) is 5.75 Å². The summed E-state index contributed by atoms with van der Waals surface area (Å²) in [6.07, 6.45) is 2.87. The van der Waals surface area contributed by atoms with E-state index in [1.54, 1.807) is 43.6 Å². The summed E-state index contributed by atoms with van der Waals surface area (Å²) in [5.74, 6) is 0.284. The molecule has 0 saturated carbocycles. The van der Waals surface area contributed by atoms with Gasteiger partial charge in [-0.3, -0.25) is 15.1 Å². The molecule has 0 spiro atoms. The van der Waals surface area contributed by atoms with Crippen molar-refractivity contribution in [2.45, 2.75) is 13.0 Å². The minimum Gasteiger partial charge on any atom is -0.484 e. The van der Waals surface area contributed by atoms with Gasteiger partial charge in [0.2, 0.25) is 0 Å². The standard InChI is InChI=1S/C18H17N3O3S/c1-12(22)13-2-4-15(5-3-13)24-10-17(23)21-18-20-16(11-25-18)14-6-8-19-9-7-14/h2-9,11-12,22H,10H2,1H3,(H,20,21,23). The molecule has 128 valence electrons. The number of hydrogen-bond acceptors (Lipinski definition) is 6. The zero-order chi connectivity index (χ0) is 17.6. The predicted molar refractivity (Wildman–Crippen MR) is 96.5 cm³/mol. The smallest absolute Gasteiger partial charge is 0.264 e. The molecule has 2 aromatic heterocycles. The highest BCUT2D eigenvalue weighted by molar-refractivity contribution is 7.14. The van der Waals surface area contributed by atoms with Gasteiger partial charge in [-0.1, -0.05) is 12.1 Å². The van der Waals surface area contributed by atoms with Crippen molar-refractivity contribution in [2.75, 3.05) is 11.9 Å². The number of nitrogens with one attached hydrogen (secondary N) is 1. The Kier molecular flexibility index (Phi) is 5.37. The molecule has 2 N–H and O–H groups in total.